The first kappa shape index (κ1) is 22.8. The van der Waals surface area contributed by atoms with Crippen LogP contribution in [0.3, 0.4) is 0 Å². The van der Waals surface area contributed by atoms with Gasteiger partial charge in [-0.1, -0.05) is 87.6 Å². The number of hydroxylamine groups is 1. The zero-order chi connectivity index (χ0) is 21.9. The molecule has 0 amide bonds. The molecule has 0 aliphatic heterocycles. The number of fused-ring (bicyclic) bond motifs is 2. The quantitative estimate of drug-likeness (QED) is 0.224. The van der Waals surface area contributed by atoms with Crippen molar-refractivity contribution in [3.05, 3.63) is 70.3 Å². The Morgan fingerprint density at radius 3 is 2.33 bits per heavy atom. The fraction of sp³-hybridized carbons (Fsp3) is 0.455. The summed E-state index contributed by atoms with van der Waals surface area (Å²) >= 11 is 4.51. The van der Waals surface area contributed by atoms with Crippen molar-refractivity contribution < 1.29 is 23.5 Å². The summed E-state index contributed by atoms with van der Waals surface area (Å²) in [6.45, 7) is 2.53. The van der Waals surface area contributed by atoms with E-state index in [1.165, 1.54) is 11.6 Å². The Bertz CT molecular complexity index is 981. The van der Waals surface area contributed by atoms with Gasteiger partial charge in [0, 0.05) is 22.3 Å². The van der Waals surface area contributed by atoms with Crippen LogP contribution in [0.1, 0.15) is 53.5 Å². The molecule has 2 aromatic rings. The van der Waals surface area contributed by atoms with E-state index >= 15 is 0 Å². The van der Waals surface area contributed by atoms with E-state index in [-0.39, 0.29) is 14.9 Å². The average Bonchev–Trinajstić information content (AvgIpc) is 3.05. The minimum absolute atomic E-state index is 0.0493. The van der Waals surface area contributed by atoms with E-state index in [9.17, 15) is 23.5 Å². The van der Waals surface area contributed by atoms with Crippen molar-refractivity contribution in [1.29, 1.82) is 0 Å². The molecule has 0 fully saturated rings. The smallest absolute Gasteiger partial charge is 0.376 e. The Balaban J connectivity index is 1.81. The number of benzene rings is 2. The Labute approximate surface area is 200 Å². The molecular formula is C22H22F3I2NO2. The summed E-state index contributed by atoms with van der Waals surface area (Å²) in [6, 6.07) is 12.3. The molecule has 0 radical (unpaired) electrons. The summed E-state index contributed by atoms with van der Waals surface area (Å²) in [6.07, 6.45) is -3.96. The lowest BCUT2D eigenvalue weighted by atomic mass is 9.86. The van der Waals surface area contributed by atoms with Gasteiger partial charge in [0.25, 0.3) is 0 Å². The highest BCUT2D eigenvalue weighted by atomic mass is 127. The normalized spacial score (nSPS) is 32.9. The van der Waals surface area contributed by atoms with Crippen LogP contribution in [0, 0.1) is 0 Å². The van der Waals surface area contributed by atoms with Crippen LogP contribution in [0.2, 0.25) is 0 Å². The maximum absolute atomic E-state index is 13.9. The van der Waals surface area contributed by atoms with Crippen molar-refractivity contribution in [2.45, 2.75) is 50.7 Å². The SMILES string of the molecule is CC1(I)CC(CNO)c2c(CC3(I)CC(O)(C(F)(F)F)c4ccccc43)cccc21. The van der Waals surface area contributed by atoms with E-state index in [0.717, 1.165) is 17.5 Å². The third-order valence-corrected chi connectivity index (χ3v) is 8.83. The van der Waals surface area contributed by atoms with Crippen molar-refractivity contribution in [2.24, 2.45) is 0 Å². The van der Waals surface area contributed by atoms with Gasteiger partial charge in [0.1, 0.15) is 0 Å². The van der Waals surface area contributed by atoms with E-state index in [0.29, 0.717) is 18.5 Å². The first-order chi connectivity index (χ1) is 13.9. The maximum Gasteiger partial charge on any atom is 0.421 e. The maximum atomic E-state index is 13.9. The van der Waals surface area contributed by atoms with Gasteiger partial charge in [-0.05, 0) is 47.6 Å². The molecule has 0 bridgehead atoms. The molecule has 4 atom stereocenters. The van der Waals surface area contributed by atoms with E-state index < -0.39 is 21.6 Å². The van der Waals surface area contributed by atoms with E-state index in [1.54, 1.807) is 18.2 Å². The first-order valence-corrected chi connectivity index (χ1v) is 11.8. The van der Waals surface area contributed by atoms with Crippen molar-refractivity contribution in [2.75, 3.05) is 6.54 Å². The summed E-state index contributed by atoms with van der Waals surface area (Å²) in [5.41, 5.74) is 3.15. The first-order valence-electron chi connectivity index (χ1n) is 9.69. The molecule has 4 unspecified atom stereocenters. The number of halogens is 5. The highest BCUT2D eigenvalue weighted by Gasteiger charge is 2.64. The Morgan fingerprint density at radius 2 is 1.70 bits per heavy atom. The molecular weight excluding hydrogens is 621 g/mol. The number of aliphatic hydroxyl groups is 1. The van der Waals surface area contributed by atoms with Gasteiger partial charge in [-0.25, -0.2) is 5.48 Å². The second-order valence-electron chi connectivity index (χ2n) is 8.56. The molecule has 30 heavy (non-hydrogen) atoms. The van der Waals surface area contributed by atoms with Crippen molar-refractivity contribution in [3.63, 3.8) is 0 Å². The summed E-state index contributed by atoms with van der Waals surface area (Å²) in [4.78, 5) is 0. The second kappa shape index (κ2) is 7.57. The Kier molecular flexibility index (Phi) is 5.74. The lowest BCUT2D eigenvalue weighted by Gasteiger charge is -2.30. The molecule has 2 aliphatic rings. The largest absolute Gasteiger partial charge is 0.421 e. The molecule has 2 aromatic carbocycles. The van der Waals surface area contributed by atoms with Crippen LogP contribution in [0.25, 0.3) is 0 Å². The molecule has 0 saturated carbocycles. The molecule has 0 spiro atoms. The fourth-order valence-electron chi connectivity index (χ4n) is 5.21. The average molecular weight is 643 g/mol. The molecule has 8 heteroatoms. The summed E-state index contributed by atoms with van der Waals surface area (Å²) in [5, 5.41) is 20.1. The number of hydrogen-bond donors (Lipinski definition) is 3. The van der Waals surface area contributed by atoms with Crippen LogP contribution in [0.15, 0.2) is 42.5 Å². The third-order valence-electron chi connectivity index (χ3n) is 6.46. The van der Waals surface area contributed by atoms with Crippen molar-refractivity contribution in [3.8, 4) is 0 Å². The van der Waals surface area contributed by atoms with Crippen LogP contribution in [0.4, 0.5) is 13.2 Å². The van der Waals surface area contributed by atoms with E-state index in [4.69, 9.17) is 0 Å². The van der Waals surface area contributed by atoms with Crippen LogP contribution >= 0.6 is 45.2 Å². The lowest BCUT2D eigenvalue weighted by Crippen LogP contribution is -2.41. The highest BCUT2D eigenvalue weighted by Crippen LogP contribution is 2.60. The molecule has 3 N–H and O–H groups in total. The standard InChI is InChI=1S/C22H22F3I2NO2/c1-19(26)9-14(11-28-30)18-13(5-4-8-17(18)19)10-20(27)12-21(29,22(23,24)25)16-7-3-2-6-15(16)20/h2-8,14,28-30H,9-12H2,1H3. The van der Waals surface area contributed by atoms with Gasteiger partial charge in [-0.2, -0.15) is 13.2 Å². The zero-order valence-corrected chi connectivity index (χ0v) is 20.5. The number of nitrogens with one attached hydrogen (secondary N) is 1. The molecule has 3 nitrogen and oxygen atoms in total. The molecule has 0 aromatic heterocycles. The summed E-state index contributed by atoms with van der Waals surface area (Å²) in [5.74, 6) is 0.0706. The monoisotopic (exact) mass is 643 g/mol. The number of alkyl halides is 5. The molecule has 2 aliphatic carbocycles. The second-order valence-corrected chi connectivity index (χ2v) is 13.0. The molecule has 0 saturated heterocycles. The van der Waals surface area contributed by atoms with Gasteiger partial charge in [0.05, 0.1) is 3.42 Å². The van der Waals surface area contributed by atoms with Crippen LogP contribution in [0.5, 0.6) is 0 Å². The predicted molar refractivity (Wildman–Crippen MR) is 125 cm³/mol. The zero-order valence-electron chi connectivity index (χ0n) is 16.2. The van der Waals surface area contributed by atoms with Gasteiger partial charge in [-0.3, -0.25) is 0 Å². The lowest BCUT2D eigenvalue weighted by molar-refractivity contribution is -0.267. The highest BCUT2D eigenvalue weighted by molar-refractivity contribution is 14.1. The van der Waals surface area contributed by atoms with Gasteiger partial charge < -0.3 is 10.3 Å². The van der Waals surface area contributed by atoms with Gasteiger partial charge in [0.15, 0.2) is 5.60 Å². The molecule has 0 heterocycles. The Hall–Kier alpha value is -0.430. The Morgan fingerprint density at radius 1 is 1.07 bits per heavy atom. The fourth-order valence-corrected chi connectivity index (χ4v) is 7.64. The van der Waals surface area contributed by atoms with Crippen LogP contribution < -0.4 is 5.48 Å². The van der Waals surface area contributed by atoms with Gasteiger partial charge in [-0.15, -0.1) is 0 Å². The van der Waals surface area contributed by atoms with Gasteiger partial charge in [0.2, 0.25) is 0 Å². The minimum atomic E-state index is -4.75. The van der Waals surface area contributed by atoms with Crippen LogP contribution in [-0.4, -0.2) is 23.0 Å². The number of rotatable bonds is 4. The molecule has 4 rings (SSSR count). The predicted octanol–water partition coefficient (Wildman–Crippen LogP) is 5.83. The summed E-state index contributed by atoms with van der Waals surface area (Å²) < 4.78 is 40.7. The summed E-state index contributed by atoms with van der Waals surface area (Å²) in [7, 11) is 0. The van der Waals surface area contributed by atoms with Crippen molar-refractivity contribution >= 4 is 45.2 Å². The third kappa shape index (κ3) is 3.50. The van der Waals surface area contributed by atoms with Gasteiger partial charge >= 0.3 is 6.18 Å². The van der Waals surface area contributed by atoms with Crippen molar-refractivity contribution in [1.82, 2.24) is 5.48 Å². The van der Waals surface area contributed by atoms with Crippen LogP contribution in [-0.2, 0) is 18.9 Å². The number of hydrogen-bond acceptors (Lipinski definition) is 3. The minimum Gasteiger partial charge on any atom is -0.376 e. The van der Waals surface area contributed by atoms with E-state index in [2.05, 4.69) is 63.7 Å². The topological polar surface area (TPSA) is 52.5 Å². The molecule has 162 valence electrons. The van der Waals surface area contributed by atoms with E-state index in [1.807, 2.05) is 12.1 Å².